The summed E-state index contributed by atoms with van der Waals surface area (Å²) in [6, 6.07) is 12.9. The first-order chi connectivity index (χ1) is 21.5. The molecule has 12 nitrogen and oxygen atoms in total. The Balaban J connectivity index is 1.79. The zero-order valence-electron chi connectivity index (χ0n) is 26.2. The van der Waals surface area contributed by atoms with E-state index in [1.54, 1.807) is 57.4 Å². The van der Waals surface area contributed by atoms with Crippen LogP contribution in [-0.2, 0) is 19.1 Å². The summed E-state index contributed by atoms with van der Waals surface area (Å²) in [6.07, 6.45) is 3.70. The summed E-state index contributed by atoms with van der Waals surface area (Å²) < 4.78 is 44.4. The van der Waals surface area contributed by atoms with Gasteiger partial charge in [-0.2, -0.15) is 5.10 Å². The van der Waals surface area contributed by atoms with Crippen molar-refractivity contribution in [3.63, 3.8) is 0 Å². The number of aryl methyl sites for hydroxylation is 1. The molecule has 0 saturated carbocycles. The molecule has 3 rings (SSSR count). The summed E-state index contributed by atoms with van der Waals surface area (Å²) in [7, 11) is -7.99. The summed E-state index contributed by atoms with van der Waals surface area (Å²) in [6.45, 7) is 7.37. The second-order valence-corrected chi connectivity index (χ2v) is 17.1. The average molecular weight is 711 g/mol. The highest BCUT2D eigenvalue weighted by Gasteiger charge is 2.25. The molecule has 0 radical (unpaired) electrons. The largest absolute Gasteiger partial charge is 0.443 e. The molecule has 1 aromatic heterocycles. The maximum absolute atomic E-state index is 13.9. The van der Waals surface area contributed by atoms with E-state index in [1.807, 2.05) is 13.0 Å². The van der Waals surface area contributed by atoms with E-state index in [2.05, 4.69) is 21.2 Å². The number of anilines is 1. The SMILES string of the molecule is CSc1sc(C=NNC(=O)OC(C)(C)C)cc1S(=O)(=O)c1cccc(-c2c(C)cccc2NC(=O)NCCCCCP(=O)(O)O)c1. The Morgan fingerprint density at radius 2 is 1.80 bits per heavy atom. The van der Waals surface area contributed by atoms with E-state index in [4.69, 9.17) is 14.5 Å². The van der Waals surface area contributed by atoms with Crippen molar-refractivity contribution in [3.8, 4) is 11.1 Å². The maximum atomic E-state index is 13.9. The number of carbonyl (C=O) groups excluding carboxylic acids is 2. The molecule has 3 aromatic rings. The Bertz CT molecular complexity index is 1730. The van der Waals surface area contributed by atoms with E-state index < -0.39 is 35.2 Å². The first-order valence-electron chi connectivity index (χ1n) is 14.2. The number of hydrazone groups is 1. The predicted octanol–water partition coefficient (Wildman–Crippen LogP) is 6.61. The van der Waals surface area contributed by atoms with Gasteiger partial charge in [0.05, 0.1) is 25.9 Å². The molecule has 2 aromatic carbocycles. The Labute approximate surface area is 277 Å². The molecule has 0 spiro atoms. The second-order valence-electron chi connectivity index (χ2n) is 11.2. The normalized spacial score (nSPS) is 12.2. The number of urea groups is 1. The number of sulfone groups is 1. The van der Waals surface area contributed by atoms with Gasteiger partial charge in [-0.3, -0.25) is 4.57 Å². The van der Waals surface area contributed by atoms with Gasteiger partial charge in [-0.25, -0.2) is 23.4 Å². The molecule has 0 unspecified atom stereocenters. The molecule has 0 aliphatic carbocycles. The van der Waals surface area contributed by atoms with Gasteiger partial charge in [-0.15, -0.1) is 23.1 Å². The maximum Gasteiger partial charge on any atom is 0.428 e. The Kier molecular flexibility index (Phi) is 13.0. The van der Waals surface area contributed by atoms with Crippen LogP contribution in [0.4, 0.5) is 15.3 Å². The van der Waals surface area contributed by atoms with E-state index >= 15 is 0 Å². The number of nitrogens with one attached hydrogen (secondary N) is 3. The highest BCUT2D eigenvalue weighted by molar-refractivity contribution is 8.01. The van der Waals surface area contributed by atoms with Crippen LogP contribution in [0.2, 0.25) is 0 Å². The van der Waals surface area contributed by atoms with Gasteiger partial charge in [-0.05, 0) is 82.2 Å². The van der Waals surface area contributed by atoms with Crippen molar-refractivity contribution >= 4 is 64.6 Å². The highest BCUT2D eigenvalue weighted by Crippen LogP contribution is 2.39. The lowest BCUT2D eigenvalue weighted by Crippen LogP contribution is -2.29. The van der Waals surface area contributed by atoms with Gasteiger partial charge in [0.1, 0.15) is 5.60 Å². The minimum atomic E-state index is -4.03. The Hall–Kier alpha value is -3.20. The van der Waals surface area contributed by atoms with E-state index in [0.717, 1.165) is 5.56 Å². The molecule has 0 saturated heterocycles. The third-order valence-electron chi connectivity index (χ3n) is 6.27. The number of hydrogen-bond donors (Lipinski definition) is 5. The van der Waals surface area contributed by atoms with Crippen molar-refractivity contribution in [2.24, 2.45) is 5.10 Å². The van der Waals surface area contributed by atoms with Gasteiger partial charge >= 0.3 is 19.7 Å². The number of rotatable bonds is 13. The molecule has 5 N–H and O–H groups in total. The molecular weight excluding hydrogens is 672 g/mol. The van der Waals surface area contributed by atoms with Gasteiger partial charge in [0.2, 0.25) is 9.84 Å². The van der Waals surface area contributed by atoms with Crippen molar-refractivity contribution in [2.45, 2.75) is 66.6 Å². The molecule has 0 atom stereocenters. The van der Waals surface area contributed by atoms with Crippen LogP contribution in [0.3, 0.4) is 0 Å². The van der Waals surface area contributed by atoms with Crippen molar-refractivity contribution in [2.75, 3.05) is 24.3 Å². The van der Waals surface area contributed by atoms with E-state index in [-0.39, 0.29) is 16.0 Å². The zero-order valence-corrected chi connectivity index (χ0v) is 29.5. The standard InChI is InChI=1S/C30H39N4O8PS3/c1-20-11-9-14-24(33-28(35)31-15-7-6-8-16-43(37,38)39)26(20)21-12-10-13-23(17-21)46(40,41)25-18-22(45-27(25)44-5)19-32-34-29(36)42-30(2,3)4/h9-14,17-19H,6-8,15-16H2,1-5H3,(H,34,36)(H2,31,33,35)(H2,37,38,39). The van der Waals surface area contributed by atoms with Crippen LogP contribution in [-0.4, -0.2) is 61.1 Å². The van der Waals surface area contributed by atoms with Crippen molar-refractivity contribution in [3.05, 3.63) is 59.0 Å². The second kappa shape index (κ2) is 16.1. The van der Waals surface area contributed by atoms with Crippen LogP contribution in [0.1, 0.15) is 50.5 Å². The lowest BCUT2D eigenvalue weighted by Gasteiger charge is -2.18. The van der Waals surface area contributed by atoms with Gasteiger partial charge in [0.15, 0.2) is 0 Å². The number of thiophene rings is 1. The molecule has 0 fully saturated rings. The fourth-order valence-corrected chi connectivity index (χ4v) is 8.88. The molecule has 0 aliphatic heterocycles. The number of unbranched alkanes of at least 4 members (excludes halogenated alkanes) is 2. The molecule has 0 bridgehead atoms. The minimum absolute atomic E-state index is 0.0717. The van der Waals surface area contributed by atoms with Crippen LogP contribution in [0.5, 0.6) is 0 Å². The van der Waals surface area contributed by atoms with Crippen molar-refractivity contribution < 1.29 is 37.1 Å². The number of amides is 3. The van der Waals surface area contributed by atoms with Crippen LogP contribution >= 0.6 is 30.7 Å². The molecule has 16 heteroatoms. The summed E-state index contributed by atoms with van der Waals surface area (Å²) in [5, 5.41) is 9.48. The molecule has 3 amide bonds. The summed E-state index contributed by atoms with van der Waals surface area (Å²) in [4.78, 5) is 43.2. The lowest BCUT2D eigenvalue weighted by atomic mass is 9.98. The van der Waals surface area contributed by atoms with Crippen LogP contribution in [0, 0.1) is 6.92 Å². The van der Waals surface area contributed by atoms with Crippen molar-refractivity contribution in [1.29, 1.82) is 0 Å². The number of thioether (sulfide) groups is 1. The molecule has 46 heavy (non-hydrogen) atoms. The van der Waals surface area contributed by atoms with E-state index in [9.17, 15) is 22.6 Å². The molecule has 1 heterocycles. The first-order valence-corrected chi connectivity index (χ1v) is 19.6. The van der Waals surface area contributed by atoms with Gasteiger partial charge in [0.25, 0.3) is 0 Å². The number of ether oxygens (including phenoxy) is 1. The smallest absolute Gasteiger partial charge is 0.428 e. The molecule has 250 valence electrons. The minimum Gasteiger partial charge on any atom is -0.443 e. The number of carbonyl (C=O) groups is 2. The van der Waals surface area contributed by atoms with Gasteiger partial charge in [-0.1, -0.05) is 30.7 Å². The van der Waals surface area contributed by atoms with Crippen LogP contribution in [0.15, 0.2) is 67.6 Å². The summed E-state index contributed by atoms with van der Waals surface area (Å²) >= 11 is 2.51. The van der Waals surface area contributed by atoms with Gasteiger partial charge < -0.3 is 25.2 Å². The third-order valence-corrected chi connectivity index (χ3v) is 11.4. The van der Waals surface area contributed by atoms with Crippen molar-refractivity contribution in [1.82, 2.24) is 10.7 Å². The topological polar surface area (TPSA) is 183 Å². The monoisotopic (exact) mass is 710 g/mol. The summed E-state index contributed by atoms with van der Waals surface area (Å²) in [5.41, 5.74) is 4.15. The van der Waals surface area contributed by atoms with Crippen LogP contribution < -0.4 is 16.1 Å². The predicted molar refractivity (Wildman–Crippen MR) is 183 cm³/mol. The average Bonchev–Trinajstić information content (AvgIpc) is 3.38. The van der Waals surface area contributed by atoms with Crippen LogP contribution in [0.25, 0.3) is 11.1 Å². The number of benzene rings is 2. The third kappa shape index (κ3) is 11.2. The zero-order chi connectivity index (χ0) is 34.1. The Morgan fingerprint density at radius 3 is 2.48 bits per heavy atom. The van der Waals surface area contributed by atoms with E-state index in [0.29, 0.717) is 51.7 Å². The Morgan fingerprint density at radius 1 is 1.09 bits per heavy atom. The molecular formula is C30H39N4O8PS3. The number of nitrogens with zero attached hydrogens (tertiary/aromatic N) is 1. The summed E-state index contributed by atoms with van der Waals surface area (Å²) in [5.74, 6) is 0. The fraction of sp³-hybridized carbons (Fsp3) is 0.367. The number of hydrogen-bond acceptors (Lipinski definition) is 9. The van der Waals surface area contributed by atoms with Gasteiger partial charge in [0, 0.05) is 23.1 Å². The molecule has 0 aliphatic rings. The van der Waals surface area contributed by atoms with E-state index in [1.165, 1.54) is 41.4 Å². The lowest BCUT2D eigenvalue weighted by molar-refractivity contribution is 0.0529. The first kappa shape index (κ1) is 37.3. The quantitative estimate of drug-likeness (QED) is 0.0429. The highest BCUT2D eigenvalue weighted by atomic mass is 32.2. The fourth-order valence-electron chi connectivity index (χ4n) is 4.31.